The van der Waals surface area contributed by atoms with Crippen molar-refractivity contribution in [2.75, 3.05) is 31.1 Å². The highest BCUT2D eigenvalue weighted by Crippen LogP contribution is 2.27. The minimum atomic E-state index is -0.426. The average molecular weight is 433 g/mol. The molecule has 3 aromatic rings. The molecule has 1 fully saturated rings. The van der Waals surface area contributed by atoms with Crippen LogP contribution < -0.4 is 15.6 Å². The number of rotatable bonds is 3. The number of fused-ring (bicyclic) bond motifs is 1. The SMILES string of the molecule is CC(C)(C)c1ccc(Cn2cc(C#N)c(=O)c3cc(F)c(N4CCCNCC4)cc32)cc1. The predicted octanol–water partition coefficient (Wildman–Crippen LogP) is 4.16. The first kappa shape index (κ1) is 22.0. The number of nitriles is 1. The van der Waals surface area contributed by atoms with Crippen molar-refractivity contribution in [2.24, 2.45) is 0 Å². The van der Waals surface area contributed by atoms with Crippen LogP contribution in [0.3, 0.4) is 0 Å². The summed E-state index contributed by atoms with van der Waals surface area (Å²) in [5.74, 6) is -0.423. The van der Waals surface area contributed by atoms with Gasteiger partial charge in [0.25, 0.3) is 0 Å². The molecular formula is C26H29FN4O. The van der Waals surface area contributed by atoms with E-state index in [9.17, 15) is 10.1 Å². The van der Waals surface area contributed by atoms with Crippen molar-refractivity contribution < 1.29 is 4.39 Å². The Morgan fingerprint density at radius 3 is 2.56 bits per heavy atom. The van der Waals surface area contributed by atoms with Crippen LogP contribution in [0.4, 0.5) is 10.1 Å². The third-order valence-corrected chi connectivity index (χ3v) is 6.12. The van der Waals surface area contributed by atoms with E-state index in [1.165, 1.54) is 11.6 Å². The summed E-state index contributed by atoms with van der Waals surface area (Å²) in [6, 6.07) is 13.4. The Bertz CT molecular complexity index is 1220. The summed E-state index contributed by atoms with van der Waals surface area (Å²) in [4.78, 5) is 14.8. The number of nitrogens with one attached hydrogen (secondary N) is 1. The number of hydrogen-bond acceptors (Lipinski definition) is 4. The lowest BCUT2D eigenvalue weighted by Gasteiger charge is -2.24. The van der Waals surface area contributed by atoms with Gasteiger partial charge in [0.2, 0.25) is 5.43 Å². The molecule has 6 heteroatoms. The molecule has 2 heterocycles. The fraction of sp³-hybridized carbons (Fsp3) is 0.385. The summed E-state index contributed by atoms with van der Waals surface area (Å²) in [6.07, 6.45) is 2.52. The lowest BCUT2D eigenvalue weighted by molar-refractivity contribution is 0.590. The Morgan fingerprint density at radius 2 is 1.88 bits per heavy atom. The van der Waals surface area contributed by atoms with E-state index in [-0.39, 0.29) is 16.4 Å². The topological polar surface area (TPSA) is 61.1 Å². The number of hydrogen-bond donors (Lipinski definition) is 1. The van der Waals surface area contributed by atoms with E-state index in [2.05, 4.69) is 50.4 Å². The molecule has 0 aliphatic carbocycles. The Balaban J connectivity index is 1.81. The van der Waals surface area contributed by atoms with E-state index in [1.54, 1.807) is 12.3 Å². The number of aromatic nitrogens is 1. The van der Waals surface area contributed by atoms with Crippen molar-refractivity contribution in [3.05, 3.63) is 75.3 Å². The zero-order valence-corrected chi connectivity index (χ0v) is 18.9. The smallest absolute Gasteiger partial charge is 0.207 e. The Hall–Kier alpha value is -3.17. The van der Waals surface area contributed by atoms with Gasteiger partial charge in [0.05, 0.1) is 16.6 Å². The molecule has 0 bridgehead atoms. The van der Waals surface area contributed by atoms with Crippen LogP contribution in [0.25, 0.3) is 10.9 Å². The zero-order chi connectivity index (χ0) is 22.9. The number of pyridine rings is 1. The van der Waals surface area contributed by atoms with Crippen molar-refractivity contribution in [3.8, 4) is 6.07 Å². The van der Waals surface area contributed by atoms with Crippen molar-refractivity contribution >= 4 is 16.6 Å². The van der Waals surface area contributed by atoms with Crippen LogP contribution in [0, 0.1) is 17.1 Å². The summed E-state index contributed by atoms with van der Waals surface area (Å²) < 4.78 is 17.0. The molecule has 166 valence electrons. The van der Waals surface area contributed by atoms with Gasteiger partial charge in [-0.15, -0.1) is 0 Å². The summed E-state index contributed by atoms with van der Waals surface area (Å²) in [5, 5.41) is 13.1. The first-order chi connectivity index (χ1) is 15.3. The molecule has 32 heavy (non-hydrogen) atoms. The number of halogens is 1. The molecule has 0 radical (unpaired) electrons. The summed E-state index contributed by atoms with van der Waals surface area (Å²) in [6.45, 7) is 10.2. The molecule has 1 aromatic heterocycles. The quantitative estimate of drug-likeness (QED) is 0.675. The largest absolute Gasteiger partial charge is 0.368 e. The van der Waals surface area contributed by atoms with Crippen LogP contribution >= 0.6 is 0 Å². The van der Waals surface area contributed by atoms with Gasteiger partial charge in [0.1, 0.15) is 17.4 Å². The molecule has 1 aliphatic heterocycles. The molecule has 1 saturated heterocycles. The lowest BCUT2D eigenvalue weighted by atomic mass is 9.87. The highest BCUT2D eigenvalue weighted by atomic mass is 19.1. The van der Waals surface area contributed by atoms with Gasteiger partial charge >= 0.3 is 0 Å². The van der Waals surface area contributed by atoms with Crippen molar-refractivity contribution in [2.45, 2.75) is 39.2 Å². The van der Waals surface area contributed by atoms with Crippen molar-refractivity contribution in [3.63, 3.8) is 0 Å². The third-order valence-electron chi connectivity index (χ3n) is 6.12. The van der Waals surface area contributed by atoms with Gasteiger partial charge in [-0.1, -0.05) is 45.0 Å². The Morgan fingerprint density at radius 1 is 1.12 bits per heavy atom. The molecule has 0 amide bonds. The summed E-state index contributed by atoms with van der Waals surface area (Å²) in [7, 11) is 0. The molecular weight excluding hydrogens is 403 g/mol. The van der Waals surface area contributed by atoms with Gasteiger partial charge in [-0.3, -0.25) is 4.79 Å². The molecule has 0 unspecified atom stereocenters. The van der Waals surface area contributed by atoms with Gasteiger partial charge in [-0.2, -0.15) is 5.26 Å². The minimum absolute atomic E-state index is 0.0231. The minimum Gasteiger partial charge on any atom is -0.368 e. The zero-order valence-electron chi connectivity index (χ0n) is 18.9. The van der Waals surface area contributed by atoms with Crippen molar-refractivity contribution in [1.82, 2.24) is 9.88 Å². The van der Waals surface area contributed by atoms with E-state index < -0.39 is 11.2 Å². The molecule has 5 nitrogen and oxygen atoms in total. The second kappa shape index (κ2) is 8.76. The fourth-order valence-electron chi connectivity index (χ4n) is 4.25. The van der Waals surface area contributed by atoms with Crippen LogP contribution in [0.5, 0.6) is 0 Å². The first-order valence-electron chi connectivity index (χ1n) is 11.1. The highest BCUT2D eigenvalue weighted by molar-refractivity contribution is 5.84. The number of anilines is 1. The van der Waals surface area contributed by atoms with Crippen LogP contribution in [-0.2, 0) is 12.0 Å². The molecule has 4 rings (SSSR count). The van der Waals surface area contributed by atoms with Gasteiger partial charge in [0.15, 0.2) is 0 Å². The molecule has 1 aliphatic rings. The monoisotopic (exact) mass is 432 g/mol. The lowest BCUT2D eigenvalue weighted by Crippen LogP contribution is -2.29. The van der Waals surface area contributed by atoms with E-state index in [1.807, 2.05) is 15.5 Å². The van der Waals surface area contributed by atoms with E-state index in [4.69, 9.17) is 0 Å². The maximum atomic E-state index is 15.1. The Labute approximate surface area is 188 Å². The number of nitrogens with zero attached hydrogens (tertiary/aromatic N) is 3. The molecule has 1 N–H and O–H groups in total. The molecule has 0 atom stereocenters. The van der Waals surface area contributed by atoms with Gasteiger partial charge in [0, 0.05) is 32.4 Å². The van der Waals surface area contributed by atoms with Gasteiger partial charge in [-0.05, 0) is 41.6 Å². The second-order valence-electron chi connectivity index (χ2n) is 9.47. The van der Waals surface area contributed by atoms with Gasteiger partial charge in [-0.25, -0.2) is 4.39 Å². The van der Waals surface area contributed by atoms with E-state index in [0.29, 0.717) is 24.3 Å². The van der Waals surface area contributed by atoms with Crippen LogP contribution in [0.1, 0.15) is 43.9 Å². The number of benzene rings is 2. The molecule has 0 spiro atoms. The first-order valence-corrected chi connectivity index (χ1v) is 11.1. The standard InChI is InChI=1S/C26H29FN4O/c1-26(2,3)20-7-5-18(6-8-20)16-31-17-19(15-28)25(32)21-13-22(27)24(14-23(21)31)30-11-4-9-29-10-12-30/h5-8,13-14,17,29H,4,9-12,16H2,1-3H3. The molecule has 0 saturated carbocycles. The second-order valence-corrected chi connectivity index (χ2v) is 9.47. The third kappa shape index (κ3) is 4.39. The van der Waals surface area contributed by atoms with Crippen LogP contribution in [0.15, 0.2) is 47.4 Å². The summed E-state index contributed by atoms with van der Waals surface area (Å²) in [5.41, 5.74) is 3.09. The normalized spacial score (nSPS) is 14.9. The maximum Gasteiger partial charge on any atom is 0.207 e. The average Bonchev–Trinajstić information content (AvgIpc) is 3.04. The van der Waals surface area contributed by atoms with Crippen LogP contribution in [-0.4, -0.2) is 30.7 Å². The van der Waals surface area contributed by atoms with E-state index >= 15 is 4.39 Å². The maximum absolute atomic E-state index is 15.1. The fourth-order valence-corrected chi connectivity index (χ4v) is 4.25. The Kier molecular flexibility index (Phi) is 6.03. The highest BCUT2D eigenvalue weighted by Gasteiger charge is 2.19. The predicted molar refractivity (Wildman–Crippen MR) is 127 cm³/mol. The van der Waals surface area contributed by atoms with Gasteiger partial charge < -0.3 is 14.8 Å². The molecule has 2 aromatic carbocycles. The van der Waals surface area contributed by atoms with Crippen LogP contribution in [0.2, 0.25) is 0 Å². The van der Waals surface area contributed by atoms with Crippen molar-refractivity contribution in [1.29, 1.82) is 5.26 Å². The summed E-state index contributed by atoms with van der Waals surface area (Å²) >= 11 is 0. The van der Waals surface area contributed by atoms with E-state index in [0.717, 1.165) is 31.6 Å².